The number of rotatable bonds is 0. The lowest BCUT2D eigenvalue weighted by atomic mass is 9.94. The highest BCUT2D eigenvalue weighted by molar-refractivity contribution is 5.77. The van der Waals surface area contributed by atoms with Gasteiger partial charge in [-0.1, -0.05) is 0 Å². The van der Waals surface area contributed by atoms with Crippen LogP contribution in [-0.4, -0.2) is 25.2 Å². The average molecular weight is 141 g/mol. The summed E-state index contributed by atoms with van der Waals surface area (Å²) < 4.78 is 5.23. The van der Waals surface area contributed by atoms with Gasteiger partial charge in [-0.05, 0) is 6.42 Å². The molecule has 56 valence electrons. The molecule has 2 heterocycles. The molecule has 3 heteroatoms. The molecule has 1 N–H and O–H groups in total. The van der Waals surface area contributed by atoms with Crippen LogP contribution in [0.4, 0.5) is 0 Å². The highest BCUT2D eigenvalue weighted by Gasteiger charge is 2.32. The van der Waals surface area contributed by atoms with E-state index < -0.39 is 0 Å². The summed E-state index contributed by atoms with van der Waals surface area (Å²) in [4.78, 5) is 10.8. The van der Waals surface area contributed by atoms with Gasteiger partial charge in [-0.2, -0.15) is 0 Å². The van der Waals surface area contributed by atoms with Crippen molar-refractivity contribution in [2.75, 3.05) is 13.2 Å². The number of carbonyl (C=O) groups excluding carboxylic acids is 1. The van der Waals surface area contributed by atoms with Crippen LogP contribution in [0.15, 0.2) is 0 Å². The van der Waals surface area contributed by atoms with E-state index in [1.807, 2.05) is 0 Å². The number of nitrogens with one attached hydrogen (secondary N) is 1. The van der Waals surface area contributed by atoms with E-state index in [0.717, 1.165) is 19.6 Å². The van der Waals surface area contributed by atoms with Gasteiger partial charge in [-0.25, -0.2) is 0 Å². The first-order chi connectivity index (χ1) is 4.86. The molecule has 0 aliphatic carbocycles. The molecule has 10 heavy (non-hydrogen) atoms. The van der Waals surface area contributed by atoms with Crippen LogP contribution >= 0.6 is 0 Å². The molecular formula is C7H11NO2. The largest absolute Gasteiger partial charge is 0.379 e. The zero-order valence-corrected chi connectivity index (χ0v) is 5.80. The van der Waals surface area contributed by atoms with Crippen molar-refractivity contribution in [2.24, 2.45) is 5.92 Å². The van der Waals surface area contributed by atoms with Crippen LogP contribution in [0.2, 0.25) is 0 Å². The molecule has 2 rings (SSSR count). The second-order valence-corrected chi connectivity index (χ2v) is 3.01. The standard InChI is InChI=1S/C7H11NO2/c9-7-2-1-5-3-10-4-6(5)8-7/h5-6H,1-4H2,(H,8,9). The first-order valence-electron chi connectivity index (χ1n) is 3.73. The Hall–Kier alpha value is -0.570. The van der Waals surface area contributed by atoms with Gasteiger partial charge in [0.15, 0.2) is 0 Å². The number of fused-ring (bicyclic) bond motifs is 1. The zero-order chi connectivity index (χ0) is 6.97. The first kappa shape index (κ1) is 6.16. The van der Waals surface area contributed by atoms with Crippen LogP contribution in [0.1, 0.15) is 12.8 Å². The van der Waals surface area contributed by atoms with Gasteiger partial charge >= 0.3 is 0 Å². The number of carbonyl (C=O) groups is 1. The molecule has 2 saturated heterocycles. The van der Waals surface area contributed by atoms with Gasteiger partial charge in [-0.15, -0.1) is 0 Å². The Labute approximate surface area is 59.7 Å². The maximum atomic E-state index is 10.8. The third-order valence-electron chi connectivity index (χ3n) is 2.29. The molecule has 0 bridgehead atoms. The molecule has 0 spiro atoms. The molecule has 2 fully saturated rings. The van der Waals surface area contributed by atoms with E-state index in [-0.39, 0.29) is 5.91 Å². The predicted molar refractivity (Wildman–Crippen MR) is 35.5 cm³/mol. The molecule has 2 unspecified atom stereocenters. The van der Waals surface area contributed by atoms with Crippen molar-refractivity contribution in [3.63, 3.8) is 0 Å². The highest BCUT2D eigenvalue weighted by atomic mass is 16.5. The van der Waals surface area contributed by atoms with Gasteiger partial charge in [0, 0.05) is 12.3 Å². The van der Waals surface area contributed by atoms with Crippen molar-refractivity contribution >= 4 is 5.91 Å². The summed E-state index contributed by atoms with van der Waals surface area (Å²) in [5.41, 5.74) is 0. The summed E-state index contributed by atoms with van der Waals surface area (Å²) in [5, 5.41) is 2.91. The maximum Gasteiger partial charge on any atom is 0.220 e. The fraction of sp³-hybridized carbons (Fsp3) is 0.857. The number of ether oxygens (including phenoxy) is 1. The highest BCUT2D eigenvalue weighted by Crippen LogP contribution is 2.22. The molecule has 2 aliphatic heterocycles. The number of hydrogen-bond donors (Lipinski definition) is 1. The van der Waals surface area contributed by atoms with Crippen LogP contribution in [0, 0.1) is 5.92 Å². The van der Waals surface area contributed by atoms with E-state index in [2.05, 4.69) is 5.32 Å². The van der Waals surface area contributed by atoms with E-state index >= 15 is 0 Å². The molecule has 0 saturated carbocycles. The monoisotopic (exact) mass is 141 g/mol. The van der Waals surface area contributed by atoms with Crippen LogP contribution in [0.5, 0.6) is 0 Å². The lowest BCUT2D eigenvalue weighted by Gasteiger charge is -2.23. The second kappa shape index (κ2) is 2.23. The molecule has 0 aromatic carbocycles. The van der Waals surface area contributed by atoms with Crippen LogP contribution in [0.25, 0.3) is 0 Å². The summed E-state index contributed by atoms with van der Waals surface area (Å²) in [7, 11) is 0. The van der Waals surface area contributed by atoms with Crippen LogP contribution in [0.3, 0.4) is 0 Å². The SMILES string of the molecule is O=C1CCC2COCC2N1. The molecule has 0 aromatic heterocycles. The zero-order valence-electron chi connectivity index (χ0n) is 5.80. The van der Waals surface area contributed by atoms with Crippen molar-refractivity contribution in [1.29, 1.82) is 0 Å². The first-order valence-corrected chi connectivity index (χ1v) is 3.73. The number of amides is 1. The van der Waals surface area contributed by atoms with Gasteiger partial charge in [-0.3, -0.25) is 4.79 Å². The smallest absolute Gasteiger partial charge is 0.220 e. The lowest BCUT2D eigenvalue weighted by molar-refractivity contribution is -0.123. The molecule has 0 aromatic rings. The van der Waals surface area contributed by atoms with Gasteiger partial charge in [0.2, 0.25) is 5.91 Å². The third kappa shape index (κ3) is 0.904. The Morgan fingerprint density at radius 2 is 2.40 bits per heavy atom. The average Bonchev–Trinajstić information content (AvgIpc) is 2.33. The van der Waals surface area contributed by atoms with Gasteiger partial charge in [0.05, 0.1) is 19.3 Å². The van der Waals surface area contributed by atoms with Crippen molar-refractivity contribution in [2.45, 2.75) is 18.9 Å². The minimum Gasteiger partial charge on any atom is -0.379 e. The van der Waals surface area contributed by atoms with E-state index in [1.54, 1.807) is 0 Å². The summed E-state index contributed by atoms with van der Waals surface area (Å²) in [6.07, 6.45) is 1.70. The van der Waals surface area contributed by atoms with Crippen LogP contribution in [-0.2, 0) is 9.53 Å². The summed E-state index contributed by atoms with van der Waals surface area (Å²) in [5.74, 6) is 0.782. The van der Waals surface area contributed by atoms with Gasteiger partial charge in [0.25, 0.3) is 0 Å². The minimum atomic E-state index is 0.187. The third-order valence-corrected chi connectivity index (χ3v) is 2.29. The van der Waals surface area contributed by atoms with Crippen molar-refractivity contribution in [1.82, 2.24) is 5.32 Å². The van der Waals surface area contributed by atoms with E-state index in [9.17, 15) is 4.79 Å². The lowest BCUT2D eigenvalue weighted by Crippen LogP contribution is -2.44. The van der Waals surface area contributed by atoms with Crippen molar-refractivity contribution in [3.05, 3.63) is 0 Å². The number of hydrogen-bond acceptors (Lipinski definition) is 2. The number of piperidine rings is 1. The molecular weight excluding hydrogens is 130 g/mol. The Balaban J connectivity index is 2.03. The Kier molecular flexibility index (Phi) is 1.38. The normalized spacial score (nSPS) is 39.0. The fourth-order valence-electron chi connectivity index (χ4n) is 1.64. The Morgan fingerprint density at radius 3 is 3.30 bits per heavy atom. The quantitative estimate of drug-likeness (QED) is 0.512. The maximum absolute atomic E-state index is 10.8. The van der Waals surface area contributed by atoms with Gasteiger partial charge < -0.3 is 10.1 Å². The Morgan fingerprint density at radius 1 is 1.50 bits per heavy atom. The molecule has 0 radical (unpaired) electrons. The molecule has 2 aliphatic rings. The summed E-state index contributed by atoms with van der Waals surface area (Å²) in [6.45, 7) is 1.56. The van der Waals surface area contributed by atoms with E-state index in [4.69, 9.17) is 4.74 Å². The molecule has 3 nitrogen and oxygen atoms in total. The second-order valence-electron chi connectivity index (χ2n) is 3.01. The van der Waals surface area contributed by atoms with Crippen molar-refractivity contribution in [3.8, 4) is 0 Å². The summed E-state index contributed by atoms with van der Waals surface area (Å²) in [6, 6.07) is 0.321. The van der Waals surface area contributed by atoms with E-state index in [1.165, 1.54) is 0 Å². The summed E-state index contributed by atoms with van der Waals surface area (Å²) >= 11 is 0. The van der Waals surface area contributed by atoms with Gasteiger partial charge in [0.1, 0.15) is 0 Å². The fourth-order valence-corrected chi connectivity index (χ4v) is 1.64. The Bertz CT molecular complexity index is 158. The van der Waals surface area contributed by atoms with Crippen molar-refractivity contribution < 1.29 is 9.53 Å². The predicted octanol–water partition coefficient (Wildman–Crippen LogP) is -0.0886. The topological polar surface area (TPSA) is 38.3 Å². The minimum absolute atomic E-state index is 0.187. The van der Waals surface area contributed by atoms with Crippen LogP contribution < -0.4 is 5.32 Å². The van der Waals surface area contributed by atoms with E-state index in [0.29, 0.717) is 18.4 Å². The molecule has 1 amide bonds. The molecule has 2 atom stereocenters.